The molecule has 2 N–H and O–H groups in total. The molecule has 0 bridgehead atoms. The molecule has 1 aliphatic heterocycles. The van der Waals surface area contributed by atoms with E-state index in [1.54, 1.807) is 6.33 Å². The van der Waals surface area contributed by atoms with Crippen LogP contribution in [0.5, 0.6) is 0 Å². The van der Waals surface area contributed by atoms with Crippen molar-refractivity contribution in [2.45, 2.75) is 46.1 Å². The van der Waals surface area contributed by atoms with E-state index in [9.17, 15) is 5.11 Å². The number of aromatic nitrogens is 2. The Kier molecular flexibility index (Phi) is 5.17. The molecule has 2 atom stereocenters. The zero-order chi connectivity index (χ0) is 14.5. The first kappa shape index (κ1) is 15.0. The van der Waals surface area contributed by atoms with Crippen molar-refractivity contribution in [3.05, 3.63) is 11.9 Å². The first-order valence-electron chi connectivity index (χ1n) is 7.68. The second kappa shape index (κ2) is 6.88. The molecule has 2 unspecified atom stereocenters. The number of nitrogens with one attached hydrogen (secondary N) is 1. The minimum Gasteiger partial charge on any atom is -0.394 e. The third-order valence-electron chi connectivity index (χ3n) is 4.16. The molecule has 2 heterocycles. The summed E-state index contributed by atoms with van der Waals surface area (Å²) in [4.78, 5) is 11.1. The van der Waals surface area contributed by atoms with Crippen molar-refractivity contribution in [2.24, 2.45) is 5.92 Å². The molecule has 0 amide bonds. The van der Waals surface area contributed by atoms with Gasteiger partial charge in [-0.1, -0.05) is 20.8 Å². The van der Waals surface area contributed by atoms with Crippen LogP contribution in [0.4, 0.5) is 11.6 Å². The van der Waals surface area contributed by atoms with Crippen LogP contribution in [-0.4, -0.2) is 40.8 Å². The van der Waals surface area contributed by atoms with E-state index < -0.39 is 0 Å². The van der Waals surface area contributed by atoms with Gasteiger partial charge in [0.05, 0.1) is 12.6 Å². The molecule has 0 aliphatic carbocycles. The van der Waals surface area contributed by atoms with Gasteiger partial charge in [-0.25, -0.2) is 9.97 Å². The van der Waals surface area contributed by atoms with Crippen molar-refractivity contribution in [1.29, 1.82) is 0 Å². The van der Waals surface area contributed by atoms with Gasteiger partial charge >= 0.3 is 0 Å². The molecule has 1 saturated heterocycles. The molecule has 0 aromatic carbocycles. The van der Waals surface area contributed by atoms with Gasteiger partial charge in [-0.3, -0.25) is 0 Å². The van der Waals surface area contributed by atoms with Crippen LogP contribution in [0.3, 0.4) is 0 Å². The van der Waals surface area contributed by atoms with Crippen molar-refractivity contribution in [3.63, 3.8) is 0 Å². The number of rotatable bonds is 6. The zero-order valence-corrected chi connectivity index (χ0v) is 12.8. The fourth-order valence-corrected chi connectivity index (χ4v) is 2.92. The Balaban J connectivity index is 2.31. The standard InChI is InChI=1S/C15H26N4O/c1-4-7-16-14-12(5-2)15(18-10-17-14)19-8-6-11(3)13(19)9-20/h10-11,13,20H,4-9H2,1-3H3,(H,16,17,18). The van der Waals surface area contributed by atoms with Crippen molar-refractivity contribution in [2.75, 3.05) is 29.9 Å². The second-order valence-corrected chi connectivity index (χ2v) is 5.51. The number of hydrogen-bond donors (Lipinski definition) is 2. The van der Waals surface area contributed by atoms with Crippen LogP contribution in [0.25, 0.3) is 0 Å². The zero-order valence-electron chi connectivity index (χ0n) is 12.8. The van der Waals surface area contributed by atoms with Gasteiger partial charge in [-0.2, -0.15) is 0 Å². The van der Waals surface area contributed by atoms with E-state index >= 15 is 0 Å². The lowest BCUT2D eigenvalue weighted by Gasteiger charge is -2.28. The SMILES string of the molecule is CCCNc1ncnc(N2CCC(C)C2CO)c1CC. The largest absolute Gasteiger partial charge is 0.394 e. The summed E-state index contributed by atoms with van der Waals surface area (Å²) in [6.45, 7) is 8.54. The number of anilines is 2. The van der Waals surface area contributed by atoms with Gasteiger partial charge in [0.1, 0.15) is 18.0 Å². The van der Waals surface area contributed by atoms with Crippen LogP contribution in [0.1, 0.15) is 39.2 Å². The average Bonchev–Trinajstić information content (AvgIpc) is 2.85. The van der Waals surface area contributed by atoms with Gasteiger partial charge in [0.2, 0.25) is 0 Å². The fourth-order valence-electron chi connectivity index (χ4n) is 2.92. The van der Waals surface area contributed by atoms with Crippen LogP contribution in [0.15, 0.2) is 6.33 Å². The molecule has 0 spiro atoms. The molecule has 112 valence electrons. The number of aliphatic hydroxyl groups is 1. The molecule has 20 heavy (non-hydrogen) atoms. The lowest BCUT2D eigenvalue weighted by Crippen LogP contribution is -2.36. The Hall–Kier alpha value is -1.36. The Bertz CT molecular complexity index is 438. The maximum Gasteiger partial charge on any atom is 0.137 e. The Morgan fingerprint density at radius 3 is 2.85 bits per heavy atom. The molecule has 1 aliphatic rings. The summed E-state index contributed by atoms with van der Waals surface area (Å²) in [5.41, 5.74) is 1.16. The molecule has 1 aromatic rings. The van der Waals surface area contributed by atoms with Crippen molar-refractivity contribution in [3.8, 4) is 0 Å². The molecule has 5 heteroatoms. The van der Waals surface area contributed by atoms with Crippen molar-refractivity contribution >= 4 is 11.6 Å². The molecule has 1 aromatic heterocycles. The van der Waals surface area contributed by atoms with Gasteiger partial charge in [-0.15, -0.1) is 0 Å². The van der Waals surface area contributed by atoms with Gasteiger partial charge in [-0.05, 0) is 25.2 Å². The number of nitrogens with zero attached hydrogens (tertiary/aromatic N) is 3. The minimum atomic E-state index is 0.175. The monoisotopic (exact) mass is 278 g/mol. The van der Waals surface area contributed by atoms with Crippen LogP contribution in [0.2, 0.25) is 0 Å². The highest BCUT2D eigenvalue weighted by molar-refractivity contribution is 5.59. The van der Waals surface area contributed by atoms with E-state index in [1.807, 2.05) is 0 Å². The van der Waals surface area contributed by atoms with E-state index in [0.29, 0.717) is 5.92 Å². The van der Waals surface area contributed by atoms with E-state index in [1.165, 1.54) is 0 Å². The fraction of sp³-hybridized carbons (Fsp3) is 0.733. The summed E-state index contributed by atoms with van der Waals surface area (Å²) in [6.07, 6.45) is 4.70. The molecule has 0 saturated carbocycles. The maximum atomic E-state index is 9.64. The van der Waals surface area contributed by atoms with Crippen molar-refractivity contribution < 1.29 is 5.11 Å². The molecule has 2 rings (SSSR count). The van der Waals surface area contributed by atoms with Crippen LogP contribution in [0, 0.1) is 5.92 Å². The Labute approximate surface area is 121 Å². The number of hydrogen-bond acceptors (Lipinski definition) is 5. The van der Waals surface area contributed by atoms with Crippen LogP contribution in [-0.2, 0) is 6.42 Å². The quantitative estimate of drug-likeness (QED) is 0.834. The summed E-state index contributed by atoms with van der Waals surface area (Å²) in [6, 6.07) is 0.175. The summed E-state index contributed by atoms with van der Waals surface area (Å²) in [7, 11) is 0. The predicted molar refractivity (Wildman–Crippen MR) is 82.2 cm³/mol. The molecule has 1 fully saturated rings. The first-order chi connectivity index (χ1) is 9.72. The topological polar surface area (TPSA) is 61.3 Å². The molecular formula is C15H26N4O. The molecule has 5 nitrogen and oxygen atoms in total. The smallest absolute Gasteiger partial charge is 0.137 e. The summed E-state index contributed by atoms with van der Waals surface area (Å²) >= 11 is 0. The minimum absolute atomic E-state index is 0.175. The second-order valence-electron chi connectivity index (χ2n) is 5.51. The predicted octanol–water partition coefficient (Wildman–Crippen LogP) is 2.07. The highest BCUT2D eigenvalue weighted by atomic mass is 16.3. The molecular weight excluding hydrogens is 252 g/mol. The van der Waals surface area contributed by atoms with E-state index in [2.05, 4.69) is 41.0 Å². The van der Waals surface area contributed by atoms with Crippen LogP contribution < -0.4 is 10.2 Å². The van der Waals surface area contributed by atoms with E-state index in [4.69, 9.17) is 0 Å². The summed E-state index contributed by atoms with van der Waals surface area (Å²) < 4.78 is 0. The normalized spacial score (nSPS) is 22.3. The third kappa shape index (κ3) is 2.87. The highest BCUT2D eigenvalue weighted by Crippen LogP contribution is 2.32. The van der Waals surface area contributed by atoms with Gasteiger partial charge in [0, 0.05) is 18.7 Å². The van der Waals surface area contributed by atoms with E-state index in [0.717, 1.165) is 49.6 Å². The summed E-state index contributed by atoms with van der Waals surface area (Å²) in [5, 5.41) is 13.0. The lowest BCUT2D eigenvalue weighted by molar-refractivity contribution is 0.244. The third-order valence-corrected chi connectivity index (χ3v) is 4.16. The van der Waals surface area contributed by atoms with E-state index in [-0.39, 0.29) is 12.6 Å². The van der Waals surface area contributed by atoms with Gasteiger partial charge in [0.25, 0.3) is 0 Å². The maximum absolute atomic E-state index is 9.64. The molecule has 0 radical (unpaired) electrons. The number of aliphatic hydroxyl groups excluding tert-OH is 1. The average molecular weight is 278 g/mol. The Morgan fingerprint density at radius 2 is 2.20 bits per heavy atom. The lowest BCUT2D eigenvalue weighted by atomic mass is 10.0. The van der Waals surface area contributed by atoms with Gasteiger partial charge in [0.15, 0.2) is 0 Å². The van der Waals surface area contributed by atoms with Crippen molar-refractivity contribution in [1.82, 2.24) is 9.97 Å². The van der Waals surface area contributed by atoms with Gasteiger partial charge < -0.3 is 15.3 Å². The summed E-state index contributed by atoms with van der Waals surface area (Å²) in [5.74, 6) is 2.44. The highest BCUT2D eigenvalue weighted by Gasteiger charge is 2.33. The first-order valence-corrected chi connectivity index (χ1v) is 7.68. The Morgan fingerprint density at radius 1 is 1.40 bits per heavy atom. The van der Waals surface area contributed by atoms with Crippen LogP contribution >= 0.6 is 0 Å².